The number of methoxy groups -OCH3 is 2. The topological polar surface area (TPSA) is 68.7 Å². The van der Waals surface area contributed by atoms with Crippen molar-refractivity contribution in [2.45, 2.75) is 0 Å². The third kappa shape index (κ3) is 2.81. The summed E-state index contributed by atoms with van der Waals surface area (Å²) in [5, 5.41) is 10.1. The van der Waals surface area contributed by atoms with Crippen molar-refractivity contribution in [3.8, 4) is 22.8 Å². The molecule has 0 saturated heterocycles. The minimum atomic E-state index is -1.00. The minimum Gasteiger partial charge on any atom is -0.497 e. The maximum absolute atomic E-state index is 11.6. The Morgan fingerprint density at radius 3 is 2.43 bits per heavy atom. The summed E-state index contributed by atoms with van der Waals surface area (Å²) in [6, 6.07) is 14.1. The van der Waals surface area contributed by atoms with Crippen LogP contribution in [-0.2, 0) is 0 Å². The summed E-state index contributed by atoms with van der Waals surface area (Å²) >= 11 is 0. The number of aromatic carboxylic acids is 1. The zero-order valence-electron chi connectivity index (χ0n) is 12.7. The van der Waals surface area contributed by atoms with E-state index in [2.05, 4.69) is 4.98 Å². The van der Waals surface area contributed by atoms with Crippen molar-refractivity contribution in [3.05, 3.63) is 54.1 Å². The standard InChI is InChI=1S/C18H15NO4/c1-22-12-5-3-4-11(8-12)17-10-15(18(20)21)14-9-13(23-2)6-7-16(14)19-17/h3-10H,1-2H3,(H,20,21). The number of nitrogens with zero attached hydrogens (tertiary/aromatic N) is 1. The average molecular weight is 309 g/mol. The smallest absolute Gasteiger partial charge is 0.336 e. The van der Waals surface area contributed by atoms with Gasteiger partial charge in [0.25, 0.3) is 0 Å². The number of hydrogen-bond acceptors (Lipinski definition) is 4. The van der Waals surface area contributed by atoms with E-state index in [0.717, 1.165) is 5.56 Å². The molecule has 0 fully saturated rings. The van der Waals surface area contributed by atoms with Crippen molar-refractivity contribution in [1.29, 1.82) is 0 Å². The van der Waals surface area contributed by atoms with Gasteiger partial charge >= 0.3 is 5.97 Å². The van der Waals surface area contributed by atoms with Crippen molar-refractivity contribution in [2.24, 2.45) is 0 Å². The highest BCUT2D eigenvalue weighted by Crippen LogP contribution is 2.29. The van der Waals surface area contributed by atoms with Crippen LogP contribution in [0.4, 0.5) is 0 Å². The lowest BCUT2D eigenvalue weighted by Crippen LogP contribution is -2.00. The third-order valence-electron chi connectivity index (χ3n) is 3.61. The van der Waals surface area contributed by atoms with Crippen molar-refractivity contribution < 1.29 is 19.4 Å². The van der Waals surface area contributed by atoms with Gasteiger partial charge in [0.1, 0.15) is 11.5 Å². The van der Waals surface area contributed by atoms with Crippen LogP contribution >= 0.6 is 0 Å². The molecule has 5 nitrogen and oxygen atoms in total. The molecule has 0 amide bonds. The molecule has 0 aliphatic carbocycles. The number of ether oxygens (including phenoxy) is 2. The van der Waals surface area contributed by atoms with Gasteiger partial charge in [-0.3, -0.25) is 0 Å². The molecular formula is C18H15NO4. The normalized spacial score (nSPS) is 10.5. The number of fused-ring (bicyclic) bond motifs is 1. The number of pyridine rings is 1. The van der Waals surface area contributed by atoms with E-state index < -0.39 is 5.97 Å². The summed E-state index contributed by atoms with van der Waals surface area (Å²) in [5.74, 6) is 0.279. The molecule has 0 aliphatic heterocycles. The van der Waals surface area contributed by atoms with Gasteiger partial charge in [-0.2, -0.15) is 0 Å². The van der Waals surface area contributed by atoms with E-state index in [1.165, 1.54) is 0 Å². The largest absolute Gasteiger partial charge is 0.497 e. The number of hydrogen-bond donors (Lipinski definition) is 1. The first-order valence-electron chi connectivity index (χ1n) is 6.99. The SMILES string of the molecule is COc1cccc(-c2cc(C(=O)O)c3cc(OC)ccc3n2)c1. The number of carboxylic acids is 1. The highest BCUT2D eigenvalue weighted by Gasteiger charge is 2.14. The number of rotatable bonds is 4. The summed E-state index contributed by atoms with van der Waals surface area (Å²) in [4.78, 5) is 16.2. The van der Waals surface area contributed by atoms with Crippen LogP contribution in [0.15, 0.2) is 48.5 Å². The van der Waals surface area contributed by atoms with Gasteiger partial charge in [0, 0.05) is 10.9 Å². The predicted molar refractivity (Wildman–Crippen MR) is 87.2 cm³/mol. The second kappa shape index (κ2) is 5.96. The van der Waals surface area contributed by atoms with E-state index in [4.69, 9.17) is 9.47 Å². The summed E-state index contributed by atoms with van der Waals surface area (Å²) in [5.41, 5.74) is 2.17. The van der Waals surface area contributed by atoms with Crippen LogP contribution in [0.2, 0.25) is 0 Å². The predicted octanol–water partition coefficient (Wildman–Crippen LogP) is 3.62. The van der Waals surface area contributed by atoms with Crippen LogP contribution in [0.5, 0.6) is 11.5 Å². The van der Waals surface area contributed by atoms with Gasteiger partial charge in [0.2, 0.25) is 0 Å². The van der Waals surface area contributed by atoms with Crippen LogP contribution in [0.25, 0.3) is 22.2 Å². The minimum absolute atomic E-state index is 0.187. The molecular weight excluding hydrogens is 294 g/mol. The Balaban J connectivity index is 2.24. The van der Waals surface area contributed by atoms with Crippen LogP contribution in [-0.4, -0.2) is 30.3 Å². The molecule has 3 rings (SSSR count). The summed E-state index contributed by atoms with van der Waals surface area (Å²) < 4.78 is 10.4. The summed E-state index contributed by atoms with van der Waals surface area (Å²) in [6.45, 7) is 0. The number of carbonyl (C=O) groups is 1. The lowest BCUT2D eigenvalue weighted by Gasteiger charge is -2.09. The van der Waals surface area contributed by atoms with Gasteiger partial charge < -0.3 is 14.6 Å². The first-order valence-corrected chi connectivity index (χ1v) is 6.99. The van der Waals surface area contributed by atoms with Gasteiger partial charge in [-0.1, -0.05) is 12.1 Å². The number of carboxylic acid groups (broad SMARTS) is 1. The van der Waals surface area contributed by atoms with E-state index in [1.807, 2.05) is 24.3 Å². The van der Waals surface area contributed by atoms with E-state index in [-0.39, 0.29) is 5.56 Å². The molecule has 0 spiro atoms. The highest BCUT2D eigenvalue weighted by atomic mass is 16.5. The Labute approximate surface area is 133 Å². The fourth-order valence-corrected chi connectivity index (χ4v) is 2.44. The molecule has 0 radical (unpaired) electrons. The molecule has 0 saturated carbocycles. The van der Waals surface area contributed by atoms with Crippen molar-refractivity contribution >= 4 is 16.9 Å². The molecule has 5 heteroatoms. The van der Waals surface area contributed by atoms with Gasteiger partial charge in [0.15, 0.2) is 0 Å². The first kappa shape index (κ1) is 14.8. The number of benzene rings is 2. The Bertz CT molecular complexity index is 889. The van der Waals surface area contributed by atoms with Gasteiger partial charge in [-0.05, 0) is 36.4 Å². The maximum Gasteiger partial charge on any atom is 0.336 e. The third-order valence-corrected chi connectivity index (χ3v) is 3.61. The van der Waals surface area contributed by atoms with Crippen LogP contribution in [0.3, 0.4) is 0 Å². The van der Waals surface area contributed by atoms with E-state index in [1.54, 1.807) is 38.5 Å². The lowest BCUT2D eigenvalue weighted by atomic mass is 10.0. The summed E-state index contributed by atoms with van der Waals surface area (Å²) in [6.07, 6.45) is 0. The Morgan fingerprint density at radius 2 is 1.74 bits per heavy atom. The average Bonchev–Trinajstić information content (AvgIpc) is 2.60. The highest BCUT2D eigenvalue weighted by molar-refractivity contribution is 6.04. The fraction of sp³-hybridized carbons (Fsp3) is 0.111. The molecule has 0 atom stereocenters. The second-order valence-electron chi connectivity index (χ2n) is 4.98. The Kier molecular flexibility index (Phi) is 3.85. The zero-order chi connectivity index (χ0) is 16.4. The number of aromatic nitrogens is 1. The zero-order valence-corrected chi connectivity index (χ0v) is 12.7. The van der Waals surface area contributed by atoms with E-state index in [0.29, 0.717) is 28.1 Å². The van der Waals surface area contributed by atoms with Crippen LogP contribution < -0.4 is 9.47 Å². The maximum atomic E-state index is 11.6. The van der Waals surface area contributed by atoms with Gasteiger partial charge in [0.05, 0.1) is 31.0 Å². The molecule has 0 bridgehead atoms. The quantitative estimate of drug-likeness (QED) is 0.797. The molecule has 0 unspecified atom stereocenters. The van der Waals surface area contributed by atoms with Gasteiger partial charge in [-0.25, -0.2) is 9.78 Å². The summed E-state index contributed by atoms with van der Waals surface area (Å²) in [7, 11) is 3.13. The van der Waals surface area contributed by atoms with Crippen molar-refractivity contribution in [3.63, 3.8) is 0 Å². The Morgan fingerprint density at radius 1 is 1.00 bits per heavy atom. The lowest BCUT2D eigenvalue weighted by molar-refractivity contribution is 0.0699. The van der Waals surface area contributed by atoms with Crippen molar-refractivity contribution in [1.82, 2.24) is 4.98 Å². The molecule has 0 aliphatic rings. The van der Waals surface area contributed by atoms with Crippen molar-refractivity contribution in [2.75, 3.05) is 14.2 Å². The van der Waals surface area contributed by atoms with Crippen LogP contribution in [0, 0.1) is 0 Å². The van der Waals surface area contributed by atoms with Crippen LogP contribution in [0.1, 0.15) is 10.4 Å². The van der Waals surface area contributed by atoms with E-state index >= 15 is 0 Å². The first-order chi connectivity index (χ1) is 11.1. The molecule has 1 aromatic heterocycles. The molecule has 1 N–H and O–H groups in total. The molecule has 1 heterocycles. The molecule has 116 valence electrons. The van der Waals surface area contributed by atoms with Gasteiger partial charge in [-0.15, -0.1) is 0 Å². The second-order valence-corrected chi connectivity index (χ2v) is 4.98. The molecule has 2 aromatic carbocycles. The van der Waals surface area contributed by atoms with E-state index in [9.17, 15) is 9.90 Å². The Hall–Kier alpha value is -3.08. The molecule has 3 aromatic rings. The molecule has 23 heavy (non-hydrogen) atoms. The fourth-order valence-electron chi connectivity index (χ4n) is 2.44. The monoisotopic (exact) mass is 309 g/mol.